The molecule has 4 nitrogen and oxygen atoms in total. The van der Waals surface area contributed by atoms with Gasteiger partial charge in [0.25, 0.3) is 0 Å². The van der Waals surface area contributed by atoms with Crippen LogP contribution in [0.25, 0.3) is 0 Å². The Hall–Kier alpha value is -0.610. The Morgan fingerprint density at radius 3 is 2.85 bits per heavy atom. The highest BCUT2D eigenvalue weighted by molar-refractivity contribution is 5.83. The average molecular weight is 280 g/mol. The molecule has 0 aromatic carbocycles. The zero-order chi connectivity index (χ0) is 14.2. The summed E-state index contributed by atoms with van der Waals surface area (Å²) < 4.78 is 5.83. The number of piperidine rings is 1. The maximum atomic E-state index is 13.1. The number of carbonyl (C=O) groups is 1. The molecule has 0 radical (unpaired) electrons. The first-order chi connectivity index (χ1) is 9.60. The van der Waals surface area contributed by atoms with Crippen molar-refractivity contribution in [2.24, 2.45) is 11.3 Å². The molecule has 0 spiro atoms. The van der Waals surface area contributed by atoms with E-state index in [0.717, 1.165) is 32.5 Å². The minimum Gasteiger partial charge on any atom is -0.374 e. The van der Waals surface area contributed by atoms with Crippen molar-refractivity contribution >= 4 is 5.91 Å². The smallest absolute Gasteiger partial charge is 0.228 e. The lowest BCUT2D eigenvalue weighted by Gasteiger charge is -2.44. The van der Waals surface area contributed by atoms with Crippen LogP contribution in [0.3, 0.4) is 0 Å². The summed E-state index contributed by atoms with van der Waals surface area (Å²) >= 11 is 0. The van der Waals surface area contributed by atoms with Gasteiger partial charge in [-0.05, 0) is 51.1 Å². The first-order valence-electron chi connectivity index (χ1n) is 8.24. The van der Waals surface area contributed by atoms with Crippen LogP contribution >= 0.6 is 0 Å². The van der Waals surface area contributed by atoms with Gasteiger partial charge in [-0.15, -0.1) is 0 Å². The maximum absolute atomic E-state index is 13.1. The molecule has 20 heavy (non-hydrogen) atoms. The van der Waals surface area contributed by atoms with Crippen LogP contribution in [0.2, 0.25) is 0 Å². The molecule has 4 heteroatoms. The largest absolute Gasteiger partial charge is 0.374 e. The summed E-state index contributed by atoms with van der Waals surface area (Å²) in [6, 6.07) is 0.340. The van der Waals surface area contributed by atoms with Crippen LogP contribution in [0.15, 0.2) is 0 Å². The predicted molar refractivity (Wildman–Crippen MR) is 78.5 cm³/mol. The van der Waals surface area contributed by atoms with Crippen molar-refractivity contribution in [3.8, 4) is 0 Å². The third-order valence-corrected chi connectivity index (χ3v) is 5.61. The third kappa shape index (κ3) is 2.48. The van der Waals surface area contributed by atoms with Crippen molar-refractivity contribution in [1.82, 2.24) is 10.2 Å². The zero-order valence-corrected chi connectivity index (χ0v) is 12.9. The van der Waals surface area contributed by atoms with Gasteiger partial charge >= 0.3 is 0 Å². The Kier molecular flexibility index (Phi) is 4.04. The minimum atomic E-state index is -0.252. The Labute approximate surface area is 122 Å². The summed E-state index contributed by atoms with van der Waals surface area (Å²) in [6.07, 6.45) is 6.11. The number of hydrogen-bond donors (Lipinski definition) is 1. The molecule has 3 fully saturated rings. The van der Waals surface area contributed by atoms with Crippen molar-refractivity contribution in [2.75, 3.05) is 26.2 Å². The standard InChI is InChI=1S/C16H28N2O2/c1-16(2,12-5-4-8-17-11-12)15(19)18-9-10-20-14-7-3-6-13(14)18/h12-14,17H,3-11H2,1-2H3. The predicted octanol–water partition coefficient (Wildman–Crippen LogP) is 1.79. The molecule has 3 rings (SSSR count). The van der Waals surface area contributed by atoms with E-state index in [9.17, 15) is 4.79 Å². The quantitative estimate of drug-likeness (QED) is 0.838. The number of carbonyl (C=O) groups excluding carboxylic acids is 1. The fourth-order valence-corrected chi connectivity index (χ4v) is 4.19. The van der Waals surface area contributed by atoms with Gasteiger partial charge in [-0.3, -0.25) is 4.79 Å². The highest BCUT2D eigenvalue weighted by Gasteiger charge is 2.45. The highest BCUT2D eigenvalue weighted by atomic mass is 16.5. The first-order valence-corrected chi connectivity index (χ1v) is 8.24. The van der Waals surface area contributed by atoms with E-state index < -0.39 is 0 Å². The second-order valence-corrected chi connectivity index (χ2v) is 7.17. The van der Waals surface area contributed by atoms with E-state index >= 15 is 0 Å². The van der Waals surface area contributed by atoms with E-state index in [1.165, 1.54) is 19.3 Å². The summed E-state index contributed by atoms with van der Waals surface area (Å²) in [5.41, 5.74) is -0.252. The van der Waals surface area contributed by atoms with Crippen molar-refractivity contribution in [3.63, 3.8) is 0 Å². The van der Waals surface area contributed by atoms with Crippen LogP contribution in [0.4, 0.5) is 0 Å². The van der Waals surface area contributed by atoms with Crippen molar-refractivity contribution in [1.29, 1.82) is 0 Å². The lowest BCUT2D eigenvalue weighted by molar-refractivity contribution is -0.156. The molecule has 2 saturated heterocycles. The van der Waals surface area contributed by atoms with E-state index in [0.29, 0.717) is 30.6 Å². The molecule has 3 aliphatic rings. The van der Waals surface area contributed by atoms with Gasteiger partial charge < -0.3 is 15.0 Å². The van der Waals surface area contributed by atoms with Gasteiger partial charge in [0.15, 0.2) is 0 Å². The maximum Gasteiger partial charge on any atom is 0.228 e. The summed E-state index contributed by atoms with van der Waals surface area (Å²) in [7, 11) is 0. The molecular formula is C16H28N2O2. The van der Waals surface area contributed by atoms with Crippen LogP contribution in [0.1, 0.15) is 46.0 Å². The number of hydrogen-bond acceptors (Lipinski definition) is 3. The van der Waals surface area contributed by atoms with Crippen LogP contribution in [0, 0.1) is 11.3 Å². The molecule has 0 bridgehead atoms. The molecule has 1 saturated carbocycles. The summed E-state index contributed by atoms with van der Waals surface area (Å²) in [5.74, 6) is 0.817. The van der Waals surface area contributed by atoms with Gasteiger partial charge in [0.2, 0.25) is 5.91 Å². The molecule has 0 aromatic rings. The Morgan fingerprint density at radius 2 is 2.10 bits per heavy atom. The zero-order valence-electron chi connectivity index (χ0n) is 12.9. The number of ether oxygens (including phenoxy) is 1. The van der Waals surface area contributed by atoms with Gasteiger partial charge in [-0.1, -0.05) is 13.8 Å². The number of fused-ring (bicyclic) bond motifs is 1. The molecule has 1 amide bonds. The molecule has 3 atom stereocenters. The molecular weight excluding hydrogens is 252 g/mol. The van der Waals surface area contributed by atoms with Gasteiger partial charge in [-0.2, -0.15) is 0 Å². The molecule has 114 valence electrons. The second-order valence-electron chi connectivity index (χ2n) is 7.17. The summed E-state index contributed by atoms with van der Waals surface area (Å²) in [4.78, 5) is 15.3. The third-order valence-electron chi connectivity index (χ3n) is 5.61. The van der Waals surface area contributed by atoms with Crippen LogP contribution < -0.4 is 5.32 Å². The van der Waals surface area contributed by atoms with E-state index in [1.807, 2.05) is 0 Å². The summed E-state index contributed by atoms with van der Waals surface area (Å²) in [5, 5.41) is 3.45. The summed E-state index contributed by atoms with van der Waals surface area (Å²) in [6.45, 7) is 7.87. The first kappa shape index (κ1) is 14.3. The Bertz CT molecular complexity index is 363. The fraction of sp³-hybridized carbons (Fsp3) is 0.938. The number of amides is 1. The SMILES string of the molecule is CC(C)(C(=O)N1CCOC2CCCC21)C1CCCNC1. The van der Waals surface area contributed by atoms with Gasteiger partial charge in [0, 0.05) is 12.0 Å². The molecule has 2 heterocycles. The normalized spacial score (nSPS) is 34.9. The fourth-order valence-electron chi connectivity index (χ4n) is 4.19. The van der Waals surface area contributed by atoms with E-state index in [-0.39, 0.29) is 5.41 Å². The number of morpholine rings is 1. The molecule has 2 aliphatic heterocycles. The van der Waals surface area contributed by atoms with Gasteiger partial charge in [0.1, 0.15) is 0 Å². The Balaban J connectivity index is 1.72. The number of nitrogens with zero attached hydrogens (tertiary/aromatic N) is 1. The van der Waals surface area contributed by atoms with Crippen LogP contribution in [0.5, 0.6) is 0 Å². The molecule has 1 aliphatic carbocycles. The molecule has 0 aromatic heterocycles. The monoisotopic (exact) mass is 280 g/mol. The van der Waals surface area contributed by atoms with Gasteiger partial charge in [0.05, 0.1) is 18.8 Å². The van der Waals surface area contributed by atoms with Crippen LogP contribution in [-0.4, -0.2) is 49.2 Å². The highest BCUT2D eigenvalue weighted by Crippen LogP contribution is 2.37. The lowest BCUT2D eigenvalue weighted by atomic mass is 9.73. The van der Waals surface area contributed by atoms with Crippen LogP contribution in [-0.2, 0) is 9.53 Å². The Morgan fingerprint density at radius 1 is 1.25 bits per heavy atom. The van der Waals surface area contributed by atoms with E-state index in [4.69, 9.17) is 4.74 Å². The number of rotatable bonds is 2. The van der Waals surface area contributed by atoms with E-state index in [2.05, 4.69) is 24.1 Å². The van der Waals surface area contributed by atoms with E-state index in [1.54, 1.807) is 0 Å². The van der Waals surface area contributed by atoms with Crippen molar-refractivity contribution in [3.05, 3.63) is 0 Å². The molecule has 3 unspecified atom stereocenters. The average Bonchev–Trinajstić information content (AvgIpc) is 2.95. The second kappa shape index (κ2) is 5.64. The number of nitrogens with one attached hydrogen (secondary N) is 1. The lowest BCUT2D eigenvalue weighted by Crippen LogP contribution is -2.57. The minimum absolute atomic E-state index is 0.252. The molecule has 1 N–H and O–H groups in total. The van der Waals surface area contributed by atoms with Crippen molar-refractivity contribution in [2.45, 2.75) is 58.1 Å². The topological polar surface area (TPSA) is 41.6 Å². The van der Waals surface area contributed by atoms with Gasteiger partial charge in [-0.25, -0.2) is 0 Å². The van der Waals surface area contributed by atoms with Crippen molar-refractivity contribution < 1.29 is 9.53 Å².